The summed E-state index contributed by atoms with van der Waals surface area (Å²) in [6, 6.07) is 8.78. The second-order valence-electron chi connectivity index (χ2n) is 5.35. The third kappa shape index (κ3) is 3.44. The van der Waals surface area contributed by atoms with Crippen molar-refractivity contribution < 1.29 is 4.79 Å². The zero-order valence-corrected chi connectivity index (χ0v) is 14.6. The second-order valence-corrected chi connectivity index (χ2v) is 6.16. The van der Waals surface area contributed by atoms with Crippen LogP contribution in [0.25, 0.3) is 0 Å². The van der Waals surface area contributed by atoms with E-state index in [1.54, 1.807) is 48.3 Å². The Kier molecular flexibility index (Phi) is 4.59. The van der Waals surface area contributed by atoms with E-state index in [-0.39, 0.29) is 5.91 Å². The van der Waals surface area contributed by atoms with Gasteiger partial charge >= 0.3 is 0 Å². The molecule has 0 aliphatic rings. The topological polar surface area (TPSA) is 64.7 Å². The van der Waals surface area contributed by atoms with E-state index in [2.05, 4.69) is 15.5 Å². The Balaban J connectivity index is 1.74. The zero-order chi connectivity index (χ0) is 17.3. The standard InChI is InChI=1S/C16H15Cl2N5O/c1-10-8-14(22(2)20-10)16(24)19-15-6-7-23(21-15)9-11-12(17)4-3-5-13(11)18/h3-8H,9H2,1-2H3,(H,19,21,24). The first-order valence-electron chi connectivity index (χ1n) is 7.22. The molecule has 0 saturated heterocycles. The van der Waals surface area contributed by atoms with Crippen LogP contribution in [-0.4, -0.2) is 25.5 Å². The Morgan fingerprint density at radius 2 is 1.92 bits per heavy atom. The van der Waals surface area contributed by atoms with Crippen LogP contribution in [0.1, 0.15) is 21.7 Å². The van der Waals surface area contributed by atoms with Gasteiger partial charge in [0.2, 0.25) is 0 Å². The molecular weight excluding hydrogens is 349 g/mol. The van der Waals surface area contributed by atoms with Crippen molar-refractivity contribution in [3.05, 3.63) is 63.5 Å². The highest BCUT2D eigenvalue weighted by Gasteiger charge is 2.14. The van der Waals surface area contributed by atoms with Crippen LogP contribution in [0.4, 0.5) is 5.82 Å². The number of rotatable bonds is 4. The normalized spacial score (nSPS) is 10.8. The molecule has 0 bridgehead atoms. The molecule has 0 unspecified atom stereocenters. The van der Waals surface area contributed by atoms with E-state index in [0.29, 0.717) is 28.1 Å². The minimum Gasteiger partial charge on any atom is -0.304 e. The van der Waals surface area contributed by atoms with Gasteiger partial charge in [-0.2, -0.15) is 10.2 Å². The summed E-state index contributed by atoms with van der Waals surface area (Å²) in [5.74, 6) is 0.182. The minimum atomic E-state index is -0.265. The SMILES string of the molecule is Cc1cc(C(=O)Nc2ccn(Cc3c(Cl)cccc3Cl)n2)n(C)n1. The van der Waals surface area contributed by atoms with Crippen LogP contribution in [0.3, 0.4) is 0 Å². The molecular formula is C16H15Cl2N5O. The molecule has 0 radical (unpaired) electrons. The maximum Gasteiger partial charge on any atom is 0.275 e. The molecule has 2 aromatic heterocycles. The van der Waals surface area contributed by atoms with Gasteiger partial charge < -0.3 is 5.32 Å². The number of halogens is 2. The van der Waals surface area contributed by atoms with E-state index in [1.807, 2.05) is 6.92 Å². The monoisotopic (exact) mass is 363 g/mol. The van der Waals surface area contributed by atoms with Gasteiger partial charge in [-0.05, 0) is 25.1 Å². The van der Waals surface area contributed by atoms with Gasteiger partial charge in [0.1, 0.15) is 5.69 Å². The molecule has 124 valence electrons. The van der Waals surface area contributed by atoms with E-state index in [4.69, 9.17) is 23.2 Å². The van der Waals surface area contributed by atoms with Crippen LogP contribution in [-0.2, 0) is 13.6 Å². The van der Waals surface area contributed by atoms with Crippen molar-refractivity contribution in [2.45, 2.75) is 13.5 Å². The molecule has 0 saturated carbocycles. The summed E-state index contributed by atoms with van der Waals surface area (Å²) >= 11 is 12.3. The lowest BCUT2D eigenvalue weighted by Gasteiger charge is -2.07. The maximum atomic E-state index is 12.3. The zero-order valence-electron chi connectivity index (χ0n) is 13.1. The van der Waals surface area contributed by atoms with Gasteiger partial charge in [-0.15, -0.1) is 0 Å². The van der Waals surface area contributed by atoms with E-state index >= 15 is 0 Å². The molecule has 6 nitrogen and oxygen atoms in total. The Hall–Kier alpha value is -2.31. The minimum absolute atomic E-state index is 0.265. The highest BCUT2D eigenvalue weighted by Crippen LogP contribution is 2.25. The molecule has 24 heavy (non-hydrogen) atoms. The predicted molar refractivity (Wildman–Crippen MR) is 93.7 cm³/mol. The average Bonchev–Trinajstić information content (AvgIpc) is 3.09. The first-order valence-corrected chi connectivity index (χ1v) is 7.98. The van der Waals surface area contributed by atoms with Gasteiger partial charge in [0, 0.05) is 34.9 Å². The molecule has 0 aliphatic heterocycles. The number of hydrogen-bond acceptors (Lipinski definition) is 3. The average molecular weight is 364 g/mol. The van der Waals surface area contributed by atoms with Gasteiger partial charge in [0.15, 0.2) is 5.82 Å². The first-order chi connectivity index (χ1) is 11.4. The van der Waals surface area contributed by atoms with Gasteiger partial charge in [-0.1, -0.05) is 29.3 Å². The van der Waals surface area contributed by atoms with Crippen LogP contribution in [0.15, 0.2) is 36.5 Å². The lowest BCUT2D eigenvalue weighted by atomic mass is 10.2. The number of amides is 1. The number of carbonyl (C=O) groups is 1. The Morgan fingerprint density at radius 1 is 1.21 bits per heavy atom. The summed E-state index contributed by atoms with van der Waals surface area (Å²) in [6.45, 7) is 2.25. The third-order valence-electron chi connectivity index (χ3n) is 3.50. The number of aryl methyl sites for hydroxylation is 2. The van der Waals surface area contributed by atoms with Gasteiger partial charge in [-0.25, -0.2) is 0 Å². The van der Waals surface area contributed by atoms with Gasteiger partial charge in [0.05, 0.1) is 12.2 Å². The number of anilines is 1. The van der Waals surface area contributed by atoms with Crippen LogP contribution in [0, 0.1) is 6.92 Å². The van der Waals surface area contributed by atoms with E-state index in [9.17, 15) is 4.79 Å². The highest BCUT2D eigenvalue weighted by atomic mass is 35.5. The molecule has 1 N–H and O–H groups in total. The summed E-state index contributed by atoms with van der Waals surface area (Å²) in [5.41, 5.74) is 2.03. The molecule has 3 aromatic rings. The van der Waals surface area contributed by atoms with Crippen molar-refractivity contribution >= 4 is 34.9 Å². The number of aromatic nitrogens is 4. The van der Waals surface area contributed by atoms with Crippen LogP contribution in [0.5, 0.6) is 0 Å². The fourth-order valence-electron chi connectivity index (χ4n) is 2.37. The van der Waals surface area contributed by atoms with E-state index < -0.39 is 0 Å². The summed E-state index contributed by atoms with van der Waals surface area (Å²) in [7, 11) is 1.72. The molecule has 0 atom stereocenters. The number of hydrogen-bond donors (Lipinski definition) is 1. The van der Waals surface area contributed by atoms with Gasteiger partial charge in [-0.3, -0.25) is 14.2 Å². The third-order valence-corrected chi connectivity index (χ3v) is 4.21. The number of benzene rings is 1. The number of nitrogens with zero attached hydrogens (tertiary/aromatic N) is 4. The highest BCUT2D eigenvalue weighted by molar-refractivity contribution is 6.35. The fraction of sp³-hybridized carbons (Fsp3) is 0.188. The van der Waals surface area contributed by atoms with Crippen molar-refractivity contribution in [3.63, 3.8) is 0 Å². The molecule has 8 heteroatoms. The molecule has 1 amide bonds. The Labute approximate surface area is 149 Å². The number of carbonyl (C=O) groups excluding carboxylic acids is 1. The summed E-state index contributed by atoms with van der Waals surface area (Å²) in [4.78, 5) is 12.3. The number of nitrogens with one attached hydrogen (secondary N) is 1. The van der Waals surface area contributed by atoms with E-state index in [1.165, 1.54) is 4.68 Å². The second kappa shape index (κ2) is 6.67. The smallest absolute Gasteiger partial charge is 0.275 e. The lowest BCUT2D eigenvalue weighted by Crippen LogP contribution is -2.16. The lowest BCUT2D eigenvalue weighted by molar-refractivity contribution is 0.101. The van der Waals surface area contributed by atoms with Crippen LogP contribution in [0.2, 0.25) is 10.0 Å². The Morgan fingerprint density at radius 3 is 2.54 bits per heavy atom. The molecule has 0 aliphatic carbocycles. The molecule has 0 fully saturated rings. The summed E-state index contributed by atoms with van der Waals surface area (Å²) < 4.78 is 3.20. The van der Waals surface area contributed by atoms with Crippen molar-refractivity contribution in [3.8, 4) is 0 Å². The van der Waals surface area contributed by atoms with Crippen molar-refractivity contribution in [1.29, 1.82) is 0 Å². The quantitative estimate of drug-likeness (QED) is 0.770. The largest absolute Gasteiger partial charge is 0.304 e. The van der Waals surface area contributed by atoms with Crippen molar-refractivity contribution in [2.24, 2.45) is 7.05 Å². The molecule has 3 rings (SSSR count). The van der Waals surface area contributed by atoms with Crippen molar-refractivity contribution in [1.82, 2.24) is 19.6 Å². The molecule has 0 spiro atoms. The van der Waals surface area contributed by atoms with Crippen molar-refractivity contribution in [2.75, 3.05) is 5.32 Å². The van der Waals surface area contributed by atoms with Gasteiger partial charge in [0.25, 0.3) is 5.91 Å². The van der Waals surface area contributed by atoms with E-state index in [0.717, 1.165) is 11.3 Å². The first kappa shape index (κ1) is 16.5. The Bertz CT molecular complexity index is 880. The summed E-state index contributed by atoms with van der Waals surface area (Å²) in [5, 5.41) is 12.4. The maximum absolute atomic E-state index is 12.3. The molecule has 2 heterocycles. The predicted octanol–water partition coefficient (Wildman–Crippen LogP) is 3.53. The summed E-state index contributed by atoms with van der Waals surface area (Å²) in [6.07, 6.45) is 1.75. The fourth-order valence-corrected chi connectivity index (χ4v) is 2.88. The molecule has 1 aromatic carbocycles. The van der Waals surface area contributed by atoms with Crippen LogP contribution >= 0.6 is 23.2 Å². The van der Waals surface area contributed by atoms with Crippen LogP contribution < -0.4 is 5.32 Å².